The summed E-state index contributed by atoms with van der Waals surface area (Å²) in [5.41, 5.74) is 1.19. The van der Waals surface area contributed by atoms with Crippen LogP contribution >= 0.6 is 11.6 Å². The Morgan fingerprint density at radius 2 is 2.16 bits per heavy atom. The second-order valence-corrected chi connectivity index (χ2v) is 6.16. The molecule has 0 bridgehead atoms. The molecule has 2 N–H and O–H groups in total. The van der Waals surface area contributed by atoms with Crippen molar-refractivity contribution in [3.8, 4) is 5.75 Å². The first-order valence-electron chi connectivity index (χ1n) is 8.02. The zero-order valence-corrected chi connectivity index (χ0v) is 14.3. The van der Waals surface area contributed by atoms with Gasteiger partial charge in [0, 0.05) is 19.0 Å². The molecule has 1 amide bonds. The number of nitrogens with one attached hydrogen (secondary N) is 1. The second kappa shape index (κ2) is 8.29. The number of carbonyl (C=O) groups excluding carboxylic acids is 1. The Kier molecular flexibility index (Phi) is 5.86. The summed E-state index contributed by atoms with van der Waals surface area (Å²) in [5.74, 6) is 0.400. The van der Waals surface area contributed by atoms with Gasteiger partial charge >= 0.3 is 0 Å². The van der Waals surface area contributed by atoms with E-state index >= 15 is 0 Å². The van der Waals surface area contributed by atoms with Gasteiger partial charge in [0.1, 0.15) is 11.9 Å². The van der Waals surface area contributed by atoms with Crippen LogP contribution in [0.5, 0.6) is 5.75 Å². The minimum atomic E-state index is -0.307. The molecule has 6 nitrogen and oxygen atoms in total. The average Bonchev–Trinajstić information content (AvgIpc) is 2.64. The van der Waals surface area contributed by atoms with Gasteiger partial charge in [-0.25, -0.2) is 0 Å². The molecule has 0 aliphatic carbocycles. The summed E-state index contributed by atoms with van der Waals surface area (Å²) in [7, 11) is 0. The Balaban J connectivity index is 1.68. The summed E-state index contributed by atoms with van der Waals surface area (Å²) in [6, 6.07) is 8.56. The minimum absolute atomic E-state index is 0.0157. The van der Waals surface area contributed by atoms with Crippen LogP contribution in [0.15, 0.2) is 42.7 Å². The van der Waals surface area contributed by atoms with Gasteiger partial charge in [-0.1, -0.05) is 23.7 Å². The van der Waals surface area contributed by atoms with Gasteiger partial charge in [-0.3, -0.25) is 9.78 Å². The summed E-state index contributed by atoms with van der Waals surface area (Å²) in [4.78, 5) is 16.4. The number of hydrogen-bond donors (Lipinski definition) is 2. The van der Waals surface area contributed by atoms with E-state index in [0.29, 0.717) is 36.0 Å². The minimum Gasteiger partial charge on any atom is -0.486 e. The van der Waals surface area contributed by atoms with Crippen molar-refractivity contribution < 1.29 is 19.4 Å². The zero-order valence-electron chi connectivity index (χ0n) is 13.5. The molecule has 0 saturated carbocycles. The third kappa shape index (κ3) is 4.48. The Morgan fingerprint density at radius 3 is 2.88 bits per heavy atom. The number of benzene rings is 1. The molecule has 2 heterocycles. The van der Waals surface area contributed by atoms with Crippen molar-refractivity contribution in [2.45, 2.75) is 25.2 Å². The zero-order chi connectivity index (χ0) is 17.6. The summed E-state index contributed by atoms with van der Waals surface area (Å²) < 4.78 is 11.5. The van der Waals surface area contributed by atoms with Crippen molar-refractivity contribution in [3.63, 3.8) is 0 Å². The van der Waals surface area contributed by atoms with Crippen molar-refractivity contribution in [2.75, 3.05) is 13.2 Å². The van der Waals surface area contributed by atoms with E-state index in [1.54, 1.807) is 30.3 Å². The highest BCUT2D eigenvalue weighted by Crippen LogP contribution is 2.20. The van der Waals surface area contributed by atoms with Crippen LogP contribution in [0.2, 0.25) is 5.02 Å². The van der Waals surface area contributed by atoms with Crippen molar-refractivity contribution >= 4 is 17.5 Å². The maximum atomic E-state index is 12.5. The second-order valence-electron chi connectivity index (χ2n) is 5.76. The van der Waals surface area contributed by atoms with Crippen LogP contribution in [-0.4, -0.2) is 41.4 Å². The predicted molar refractivity (Wildman–Crippen MR) is 92.7 cm³/mol. The number of nitrogens with zero attached hydrogens (tertiary/aromatic N) is 1. The number of rotatable bonds is 5. The van der Waals surface area contributed by atoms with E-state index in [2.05, 4.69) is 10.3 Å². The van der Waals surface area contributed by atoms with Crippen LogP contribution in [0.25, 0.3) is 0 Å². The first-order chi connectivity index (χ1) is 12.2. The molecule has 25 heavy (non-hydrogen) atoms. The van der Waals surface area contributed by atoms with Gasteiger partial charge in [0.25, 0.3) is 5.91 Å². The lowest BCUT2D eigenvalue weighted by atomic mass is 10.1. The average molecular weight is 363 g/mol. The van der Waals surface area contributed by atoms with Gasteiger partial charge in [0.2, 0.25) is 0 Å². The maximum Gasteiger partial charge on any atom is 0.253 e. The van der Waals surface area contributed by atoms with Crippen LogP contribution in [0.1, 0.15) is 22.3 Å². The van der Waals surface area contributed by atoms with Gasteiger partial charge in [-0.05, 0) is 30.2 Å². The normalized spacial score (nSPS) is 20.1. The third-order valence-corrected chi connectivity index (χ3v) is 4.33. The van der Waals surface area contributed by atoms with E-state index in [-0.39, 0.29) is 24.7 Å². The summed E-state index contributed by atoms with van der Waals surface area (Å²) >= 11 is 6.03. The van der Waals surface area contributed by atoms with Crippen LogP contribution in [0.3, 0.4) is 0 Å². The topological polar surface area (TPSA) is 80.7 Å². The fourth-order valence-corrected chi connectivity index (χ4v) is 2.85. The number of hydrogen-bond acceptors (Lipinski definition) is 5. The van der Waals surface area contributed by atoms with Crippen molar-refractivity contribution in [1.82, 2.24) is 10.3 Å². The molecule has 0 spiro atoms. The quantitative estimate of drug-likeness (QED) is 0.852. The van der Waals surface area contributed by atoms with E-state index in [9.17, 15) is 4.79 Å². The van der Waals surface area contributed by atoms with Gasteiger partial charge < -0.3 is 19.9 Å². The molecule has 132 valence electrons. The summed E-state index contributed by atoms with van der Waals surface area (Å²) in [5, 5.41) is 12.4. The van der Waals surface area contributed by atoms with E-state index in [4.69, 9.17) is 26.2 Å². The van der Waals surface area contributed by atoms with E-state index in [1.807, 2.05) is 0 Å². The summed E-state index contributed by atoms with van der Waals surface area (Å²) in [6.07, 6.45) is 3.31. The van der Waals surface area contributed by atoms with Gasteiger partial charge in [0.15, 0.2) is 0 Å². The number of pyridine rings is 1. The number of aliphatic hydroxyl groups excluding tert-OH is 1. The number of aliphatic hydroxyl groups is 1. The highest BCUT2D eigenvalue weighted by Gasteiger charge is 2.29. The first kappa shape index (κ1) is 17.7. The lowest BCUT2D eigenvalue weighted by Gasteiger charge is -2.32. The largest absolute Gasteiger partial charge is 0.486 e. The number of halogens is 1. The molecule has 1 saturated heterocycles. The van der Waals surface area contributed by atoms with Gasteiger partial charge in [0.05, 0.1) is 29.8 Å². The monoisotopic (exact) mass is 362 g/mol. The molecule has 0 radical (unpaired) electrons. The first-order valence-corrected chi connectivity index (χ1v) is 8.39. The molecule has 3 rings (SSSR count). The molecule has 1 fully saturated rings. The third-order valence-electron chi connectivity index (χ3n) is 4.03. The molecule has 2 aromatic rings. The van der Waals surface area contributed by atoms with Crippen molar-refractivity contribution in [3.05, 3.63) is 58.9 Å². The lowest BCUT2D eigenvalue weighted by molar-refractivity contribution is -0.0135. The molecule has 7 heteroatoms. The van der Waals surface area contributed by atoms with E-state index < -0.39 is 0 Å². The fourth-order valence-electron chi connectivity index (χ4n) is 2.65. The fraction of sp³-hybridized carbons (Fsp3) is 0.333. The van der Waals surface area contributed by atoms with Crippen LogP contribution in [0, 0.1) is 0 Å². The van der Waals surface area contributed by atoms with Gasteiger partial charge in [-0.15, -0.1) is 0 Å². The predicted octanol–water partition coefficient (Wildman–Crippen LogP) is 2.19. The number of amides is 1. The lowest BCUT2D eigenvalue weighted by Crippen LogP contribution is -2.51. The Labute approximate surface area is 150 Å². The highest BCUT2D eigenvalue weighted by molar-refractivity contribution is 6.33. The van der Waals surface area contributed by atoms with E-state index in [0.717, 1.165) is 5.56 Å². The number of ether oxygens (including phenoxy) is 2. The SMILES string of the molecule is O=C(N[C@@H]1CCOC[C@H]1Oc1ccc(CO)cc1)c1ccncc1Cl. The van der Waals surface area contributed by atoms with E-state index in [1.165, 1.54) is 12.4 Å². The Bertz CT molecular complexity index is 723. The number of carbonyl (C=O) groups is 1. The number of aromatic nitrogens is 1. The smallest absolute Gasteiger partial charge is 0.253 e. The van der Waals surface area contributed by atoms with Crippen LogP contribution < -0.4 is 10.1 Å². The highest BCUT2D eigenvalue weighted by atomic mass is 35.5. The molecule has 1 aliphatic heterocycles. The molecule has 1 aliphatic rings. The molecular formula is C18H19ClN2O4. The van der Waals surface area contributed by atoms with Crippen molar-refractivity contribution in [1.29, 1.82) is 0 Å². The molecular weight excluding hydrogens is 344 g/mol. The summed E-state index contributed by atoms with van der Waals surface area (Å²) in [6.45, 7) is 0.924. The van der Waals surface area contributed by atoms with Crippen LogP contribution in [-0.2, 0) is 11.3 Å². The maximum absolute atomic E-state index is 12.5. The molecule has 2 atom stereocenters. The standard InChI is InChI=1S/C18H19ClN2O4/c19-15-9-20-7-5-14(15)18(23)21-16-6-8-24-11-17(16)25-13-3-1-12(10-22)2-4-13/h1-5,7,9,16-17,22H,6,8,10-11H2,(H,21,23)/t16-,17-/m1/s1. The van der Waals surface area contributed by atoms with Crippen LogP contribution in [0.4, 0.5) is 0 Å². The Hall–Kier alpha value is -2.15. The van der Waals surface area contributed by atoms with Gasteiger partial charge in [-0.2, -0.15) is 0 Å². The Morgan fingerprint density at radius 1 is 1.36 bits per heavy atom. The molecule has 1 aromatic heterocycles. The van der Waals surface area contributed by atoms with Crippen molar-refractivity contribution in [2.24, 2.45) is 0 Å². The molecule has 0 unspecified atom stereocenters. The molecule has 1 aromatic carbocycles.